The largest absolute Gasteiger partial charge is 0.397 e. The molecule has 1 aromatic carbocycles. The minimum Gasteiger partial charge on any atom is -0.397 e. The summed E-state index contributed by atoms with van der Waals surface area (Å²) < 4.78 is 0. The van der Waals surface area contributed by atoms with E-state index in [1.165, 1.54) is 6.42 Å². The number of piperidine rings is 2. The van der Waals surface area contributed by atoms with Gasteiger partial charge in [-0.15, -0.1) is 17.8 Å². The number of nitrogens with two attached hydrogens (primary N) is 1. The fraction of sp³-hybridized carbons (Fsp3) is 0.571. The number of likely N-dealkylation sites (tertiary alicyclic amines) is 2. The summed E-state index contributed by atoms with van der Waals surface area (Å²) >= 11 is 8.01. The zero-order chi connectivity index (χ0) is 33.1. The number of carbonyl (C=O) groups is 3. The number of urea groups is 1. The third-order valence-electron chi connectivity index (χ3n) is 10.5. The maximum absolute atomic E-state index is 14.2. The van der Waals surface area contributed by atoms with Crippen LogP contribution < -0.4 is 11.1 Å². The monoisotopic (exact) mass is 679 g/mol. The van der Waals surface area contributed by atoms with Gasteiger partial charge >= 0.3 is 6.03 Å². The Bertz CT molecular complexity index is 1510. The number of halogens is 1. The van der Waals surface area contributed by atoms with E-state index in [1.54, 1.807) is 17.4 Å². The van der Waals surface area contributed by atoms with Crippen molar-refractivity contribution in [1.82, 2.24) is 24.5 Å². The zero-order valence-electron chi connectivity index (χ0n) is 27.3. The number of hydrogen-bond acceptors (Lipinski definition) is 7. The highest BCUT2D eigenvalue weighted by Gasteiger charge is 2.36. The average Bonchev–Trinajstić information content (AvgIpc) is 3.42. The Morgan fingerprint density at radius 2 is 1.74 bits per heavy atom. The number of terminal acetylenes is 1. The summed E-state index contributed by atoms with van der Waals surface area (Å²) in [7, 11) is 2.18. The molecule has 0 bridgehead atoms. The standard InChI is InChI=1S/C35H46ClN7O3S/c1-3-25-17-24(19-30(36)33(25)37)18-26(34(45)42-13-5-28(6-14-42)40-10-4-9-39(2)15-16-40)20-32(44)41-11-7-29(8-12-41)43-21-27-22-47-23-31(27)38-35(43)46/h1,17,19,22-23,26,28-29H,4-16,18,20-21,37H2,2H3,(H,38,46)/t26-/m0/s1. The summed E-state index contributed by atoms with van der Waals surface area (Å²) in [5.74, 6) is 2.03. The molecular formula is C35H46ClN7O3S. The summed E-state index contributed by atoms with van der Waals surface area (Å²) in [6, 6.07) is 4.04. The summed E-state index contributed by atoms with van der Waals surface area (Å²) in [4.78, 5) is 51.5. The quantitative estimate of drug-likeness (QED) is 0.336. The van der Waals surface area contributed by atoms with Gasteiger partial charge in [0.1, 0.15) is 0 Å². The second-order valence-electron chi connectivity index (χ2n) is 13.5. The van der Waals surface area contributed by atoms with Crippen LogP contribution in [0.25, 0.3) is 0 Å². The van der Waals surface area contributed by atoms with Crippen molar-refractivity contribution in [3.05, 3.63) is 44.6 Å². The molecule has 0 saturated carbocycles. The Morgan fingerprint density at radius 3 is 2.49 bits per heavy atom. The fourth-order valence-electron chi connectivity index (χ4n) is 7.64. The number of hydrogen-bond donors (Lipinski definition) is 2. The number of nitrogens with zero attached hydrogens (tertiary/aromatic N) is 5. The van der Waals surface area contributed by atoms with Gasteiger partial charge in [-0.2, -0.15) is 0 Å². The van der Waals surface area contributed by atoms with E-state index >= 15 is 0 Å². The van der Waals surface area contributed by atoms with Crippen LogP contribution in [0.5, 0.6) is 0 Å². The molecule has 3 N–H and O–H groups in total. The van der Waals surface area contributed by atoms with Crippen molar-refractivity contribution in [1.29, 1.82) is 0 Å². The van der Waals surface area contributed by atoms with Crippen LogP contribution in [0.1, 0.15) is 55.2 Å². The van der Waals surface area contributed by atoms with Crippen LogP contribution in [-0.2, 0) is 22.6 Å². The molecule has 4 amide bonds. The number of fused-ring (bicyclic) bond motifs is 1. The SMILES string of the molecule is C#Cc1cc(C[C@@H](CC(=O)N2CCC(N3Cc4cscc4NC3=O)CC2)C(=O)N2CCC(N3CCCN(C)CC3)CC2)cc(Cl)c1N. The van der Waals surface area contributed by atoms with Gasteiger partial charge in [-0.3, -0.25) is 14.5 Å². The Morgan fingerprint density at radius 1 is 1.02 bits per heavy atom. The lowest BCUT2D eigenvalue weighted by Gasteiger charge is -2.41. The van der Waals surface area contributed by atoms with Gasteiger partial charge in [0.2, 0.25) is 11.8 Å². The first kappa shape index (κ1) is 33.6. The second kappa shape index (κ2) is 14.9. The van der Waals surface area contributed by atoms with Gasteiger partial charge in [0, 0.05) is 74.3 Å². The third kappa shape index (κ3) is 7.72. The van der Waals surface area contributed by atoms with Crippen molar-refractivity contribution >= 4 is 52.2 Å². The summed E-state index contributed by atoms with van der Waals surface area (Å²) in [5, 5.41) is 7.40. The van der Waals surface area contributed by atoms with Crippen LogP contribution in [-0.4, -0.2) is 114 Å². The number of likely N-dealkylation sites (N-methyl/N-ethyl adjacent to an activating group) is 1. The zero-order valence-corrected chi connectivity index (χ0v) is 28.8. The highest BCUT2D eigenvalue weighted by atomic mass is 35.5. The molecule has 0 radical (unpaired) electrons. The van der Waals surface area contributed by atoms with Crippen molar-refractivity contribution in [3.8, 4) is 12.3 Å². The first-order valence-electron chi connectivity index (χ1n) is 16.9. The number of rotatable bonds is 7. The molecule has 1 aromatic heterocycles. The lowest BCUT2D eigenvalue weighted by molar-refractivity contribution is -0.143. The molecule has 10 nitrogen and oxygen atoms in total. The molecule has 47 heavy (non-hydrogen) atoms. The minimum absolute atomic E-state index is 0.00838. The maximum Gasteiger partial charge on any atom is 0.322 e. The number of nitrogen functional groups attached to an aromatic ring is 1. The molecule has 0 unspecified atom stereocenters. The Labute approximate surface area is 287 Å². The molecule has 3 fully saturated rings. The molecule has 6 rings (SSSR count). The molecule has 1 atom stereocenters. The van der Waals surface area contributed by atoms with Crippen LogP contribution in [0.3, 0.4) is 0 Å². The van der Waals surface area contributed by atoms with E-state index < -0.39 is 5.92 Å². The second-order valence-corrected chi connectivity index (χ2v) is 14.7. The predicted octanol–water partition coefficient (Wildman–Crippen LogP) is 4.18. The molecule has 3 saturated heterocycles. The van der Waals surface area contributed by atoms with Gasteiger partial charge < -0.3 is 30.7 Å². The van der Waals surface area contributed by atoms with E-state index in [9.17, 15) is 14.4 Å². The van der Waals surface area contributed by atoms with Crippen LogP contribution in [0.2, 0.25) is 5.02 Å². The Kier molecular flexibility index (Phi) is 10.6. The van der Waals surface area contributed by atoms with E-state index in [1.807, 2.05) is 26.1 Å². The van der Waals surface area contributed by atoms with Crippen molar-refractivity contribution in [2.45, 2.75) is 63.6 Å². The molecular weight excluding hydrogens is 634 g/mol. The molecule has 0 aliphatic carbocycles. The van der Waals surface area contributed by atoms with E-state index in [2.05, 4.69) is 33.5 Å². The van der Waals surface area contributed by atoms with Crippen LogP contribution >= 0.6 is 22.9 Å². The number of amides is 4. The highest BCUT2D eigenvalue weighted by Crippen LogP contribution is 2.32. The van der Waals surface area contributed by atoms with Gasteiger partial charge in [0.05, 0.1) is 28.9 Å². The molecule has 4 aliphatic rings. The molecule has 4 aliphatic heterocycles. The van der Waals surface area contributed by atoms with E-state index in [-0.39, 0.29) is 30.3 Å². The van der Waals surface area contributed by atoms with E-state index in [4.69, 9.17) is 23.8 Å². The predicted molar refractivity (Wildman–Crippen MR) is 187 cm³/mol. The first-order valence-corrected chi connectivity index (χ1v) is 18.2. The number of nitrogens with one attached hydrogen (secondary N) is 1. The summed E-state index contributed by atoms with van der Waals surface area (Å²) in [5.41, 5.74) is 9.76. The fourth-order valence-corrected chi connectivity index (χ4v) is 8.67. The Hall–Kier alpha value is -3.30. The number of thiophene rings is 1. The van der Waals surface area contributed by atoms with Crippen molar-refractivity contribution in [2.75, 3.05) is 70.5 Å². The molecule has 0 spiro atoms. The van der Waals surface area contributed by atoms with Gasteiger partial charge in [-0.1, -0.05) is 17.5 Å². The number of benzene rings is 1. The smallest absolute Gasteiger partial charge is 0.322 e. The lowest BCUT2D eigenvalue weighted by atomic mass is 9.91. The van der Waals surface area contributed by atoms with Gasteiger partial charge in [0.25, 0.3) is 0 Å². The van der Waals surface area contributed by atoms with Gasteiger partial charge in [-0.25, -0.2) is 4.79 Å². The van der Waals surface area contributed by atoms with Crippen molar-refractivity contribution in [2.24, 2.45) is 5.92 Å². The van der Waals surface area contributed by atoms with Gasteiger partial charge in [-0.05, 0) is 81.7 Å². The number of carbonyl (C=O) groups excluding carboxylic acids is 3. The Balaban J connectivity index is 1.10. The highest BCUT2D eigenvalue weighted by molar-refractivity contribution is 7.08. The maximum atomic E-state index is 14.2. The van der Waals surface area contributed by atoms with E-state index in [0.717, 1.165) is 55.8 Å². The topological polar surface area (TPSA) is 105 Å². The minimum atomic E-state index is -0.543. The van der Waals surface area contributed by atoms with E-state index in [0.29, 0.717) is 74.3 Å². The molecule has 12 heteroatoms. The first-order chi connectivity index (χ1) is 22.7. The molecule has 2 aromatic rings. The third-order valence-corrected chi connectivity index (χ3v) is 11.6. The van der Waals surface area contributed by atoms with Crippen molar-refractivity contribution in [3.63, 3.8) is 0 Å². The molecule has 252 valence electrons. The summed E-state index contributed by atoms with van der Waals surface area (Å²) in [6.45, 7) is 7.44. The normalized spacial score (nSPS) is 21.1. The van der Waals surface area contributed by atoms with Crippen LogP contribution in [0.4, 0.5) is 16.2 Å². The van der Waals surface area contributed by atoms with Crippen LogP contribution in [0, 0.1) is 18.3 Å². The average molecular weight is 680 g/mol. The molecule has 5 heterocycles. The lowest BCUT2D eigenvalue weighted by Crippen LogP contribution is -2.52. The number of anilines is 2. The van der Waals surface area contributed by atoms with Crippen molar-refractivity contribution < 1.29 is 14.4 Å². The van der Waals surface area contributed by atoms with Crippen LogP contribution in [0.15, 0.2) is 22.9 Å². The summed E-state index contributed by atoms with van der Waals surface area (Å²) in [6.07, 6.45) is 10.6. The van der Waals surface area contributed by atoms with Gasteiger partial charge in [0.15, 0.2) is 0 Å².